The molecule has 4 rings (SSSR count). The summed E-state index contributed by atoms with van der Waals surface area (Å²) in [4.78, 5) is 25.3. The molecular formula is C24H24N4O5S. The molecule has 1 fully saturated rings. The number of amides is 1. The molecule has 0 bridgehead atoms. The van der Waals surface area contributed by atoms with Gasteiger partial charge in [-0.3, -0.25) is 19.8 Å². The van der Waals surface area contributed by atoms with Gasteiger partial charge in [-0.15, -0.1) is 0 Å². The second kappa shape index (κ2) is 10.1. The van der Waals surface area contributed by atoms with Crippen molar-refractivity contribution in [2.75, 3.05) is 31.5 Å². The number of hydrogen-bond acceptors (Lipinski definition) is 6. The van der Waals surface area contributed by atoms with E-state index in [2.05, 4.69) is 10.2 Å². The number of sulfonamides is 1. The van der Waals surface area contributed by atoms with Gasteiger partial charge in [0, 0.05) is 56.1 Å². The number of nitro groups is 1. The number of anilines is 1. The topological polar surface area (TPSA) is 113 Å². The number of nitrogens with one attached hydrogen (secondary N) is 1. The number of hydrogen-bond donors (Lipinski definition) is 1. The van der Waals surface area contributed by atoms with Gasteiger partial charge in [-0.2, -0.15) is 4.31 Å². The second-order valence-electron chi connectivity index (χ2n) is 7.96. The highest BCUT2D eigenvalue weighted by molar-refractivity contribution is 7.89. The predicted molar refractivity (Wildman–Crippen MR) is 128 cm³/mol. The first kappa shape index (κ1) is 23.6. The van der Waals surface area contributed by atoms with Gasteiger partial charge in [0.1, 0.15) is 0 Å². The van der Waals surface area contributed by atoms with Crippen LogP contribution >= 0.6 is 0 Å². The average molecular weight is 481 g/mol. The predicted octanol–water partition coefficient (Wildman–Crippen LogP) is 3.35. The van der Waals surface area contributed by atoms with Crippen molar-refractivity contribution in [1.82, 2.24) is 9.21 Å². The smallest absolute Gasteiger partial charge is 0.271 e. The summed E-state index contributed by atoms with van der Waals surface area (Å²) < 4.78 is 27.8. The maximum atomic E-state index is 13.2. The van der Waals surface area contributed by atoms with Gasteiger partial charge in [0.2, 0.25) is 10.0 Å². The number of carbonyl (C=O) groups is 1. The molecule has 176 valence electrons. The van der Waals surface area contributed by atoms with Gasteiger partial charge in [-0.05, 0) is 29.8 Å². The Morgan fingerprint density at radius 2 is 1.62 bits per heavy atom. The lowest BCUT2D eigenvalue weighted by molar-refractivity contribution is -0.384. The molecule has 34 heavy (non-hydrogen) atoms. The van der Waals surface area contributed by atoms with Gasteiger partial charge in [0.05, 0.1) is 9.82 Å². The van der Waals surface area contributed by atoms with Crippen molar-refractivity contribution >= 4 is 27.3 Å². The first-order valence-corrected chi connectivity index (χ1v) is 12.2. The molecule has 0 unspecified atom stereocenters. The van der Waals surface area contributed by atoms with Crippen LogP contribution in [0.15, 0.2) is 83.8 Å². The van der Waals surface area contributed by atoms with Crippen LogP contribution in [0, 0.1) is 10.1 Å². The van der Waals surface area contributed by atoms with E-state index in [0.717, 1.165) is 6.54 Å². The third-order valence-corrected chi connectivity index (χ3v) is 7.52. The normalized spacial score (nSPS) is 15.1. The summed E-state index contributed by atoms with van der Waals surface area (Å²) in [6.07, 6.45) is 0. The number of rotatable bonds is 7. The quantitative estimate of drug-likeness (QED) is 0.410. The van der Waals surface area contributed by atoms with Crippen LogP contribution in [0.1, 0.15) is 15.9 Å². The van der Waals surface area contributed by atoms with Crippen molar-refractivity contribution in [3.8, 4) is 0 Å². The third-order valence-electron chi connectivity index (χ3n) is 5.63. The monoisotopic (exact) mass is 480 g/mol. The molecule has 0 atom stereocenters. The molecule has 1 aliphatic heterocycles. The lowest BCUT2D eigenvalue weighted by atomic mass is 10.2. The number of carbonyl (C=O) groups excluding carboxylic acids is 1. The van der Waals surface area contributed by atoms with Crippen molar-refractivity contribution in [2.45, 2.75) is 11.4 Å². The van der Waals surface area contributed by atoms with Crippen molar-refractivity contribution in [3.63, 3.8) is 0 Å². The third kappa shape index (κ3) is 5.48. The van der Waals surface area contributed by atoms with Gasteiger partial charge in [0.25, 0.3) is 11.6 Å². The highest BCUT2D eigenvalue weighted by atomic mass is 32.2. The molecule has 3 aromatic rings. The largest absolute Gasteiger partial charge is 0.322 e. The molecule has 9 nitrogen and oxygen atoms in total. The number of nitrogens with zero attached hydrogens (tertiary/aromatic N) is 3. The van der Waals surface area contributed by atoms with Gasteiger partial charge in [0.15, 0.2) is 0 Å². The molecule has 0 aliphatic carbocycles. The molecule has 3 aromatic carbocycles. The van der Waals surface area contributed by atoms with Crippen LogP contribution in [0.25, 0.3) is 0 Å². The van der Waals surface area contributed by atoms with Crippen LogP contribution in [-0.2, 0) is 16.6 Å². The molecule has 1 amide bonds. The zero-order chi connectivity index (χ0) is 24.1. The highest BCUT2D eigenvalue weighted by Crippen LogP contribution is 2.21. The van der Waals surface area contributed by atoms with Gasteiger partial charge in [-0.25, -0.2) is 8.42 Å². The standard InChI is InChI=1S/C24H24N4O5S/c29-24(25-21-9-5-10-22(17-21)28(30)31)20-8-4-11-23(16-20)34(32,33)27-14-12-26(13-15-27)18-19-6-2-1-3-7-19/h1-11,16-17H,12-15,18H2,(H,25,29). The zero-order valence-electron chi connectivity index (χ0n) is 18.3. The molecule has 0 spiro atoms. The summed E-state index contributed by atoms with van der Waals surface area (Å²) in [6, 6.07) is 21.4. The molecule has 1 N–H and O–H groups in total. The van der Waals surface area contributed by atoms with Crippen molar-refractivity contribution in [3.05, 3.63) is 100 Å². The fraction of sp³-hybridized carbons (Fsp3) is 0.208. The SMILES string of the molecule is O=C(Nc1cccc([N+](=O)[O-])c1)c1cccc(S(=O)(=O)N2CCN(Cc3ccccc3)CC2)c1. The lowest BCUT2D eigenvalue weighted by Gasteiger charge is -2.34. The van der Waals surface area contributed by atoms with Crippen LogP contribution < -0.4 is 5.32 Å². The minimum atomic E-state index is -3.77. The Bertz CT molecular complexity index is 1290. The minimum absolute atomic E-state index is 0.0377. The summed E-state index contributed by atoms with van der Waals surface area (Å²) in [6.45, 7) is 2.71. The van der Waals surface area contributed by atoms with Gasteiger partial charge in [-0.1, -0.05) is 42.5 Å². The molecule has 10 heteroatoms. The van der Waals surface area contributed by atoms with E-state index in [1.165, 1.54) is 58.4 Å². The van der Waals surface area contributed by atoms with Crippen LogP contribution in [0.2, 0.25) is 0 Å². The zero-order valence-corrected chi connectivity index (χ0v) is 19.1. The average Bonchev–Trinajstić information content (AvgIpc) is 2.85. The van der Waals surface area contributed by atoms with Crippen LogP contribution in [-0.4, -0.2) is 54.6 Å². The molecule has 0 aromatic heterocycles. The lowest BCUT2D eigenvalue weighted by Crippen LogP contribution is -2.48. The number of non-ortho nitro benzene ring substituents is 1. The summed E-state index contributed by atoms with van der Waals surface area (Å²) >= 11 is 0. The molecule has 0 saturated carbocycles. The van der Waals surface area contributed by atoms with Crippen molar-refractivity contribution in [1.29, 1.82) is 0 Å². The van der Waals surface area contributed by atoms with Gasteiger partial charge < -0.3 is 5.32 Å². The van der Waals surface area contributed by atoms with E-state index in [4.69, 9.17) is 0 Å². The summed E-state index contributed by atoms with van der Waals surface area (Å²) in [5.74, 6) is -0.551. The Kier molecular flexibility index (Phi) is 7.01. The summed E-state index contributed by atoms with van der Waals surface area (Å²) in [5, 5.41) is 13.5. The Balaban J connectivity index is 1.43. The first-order valence-electron chi connectivity index (χ1n) is 10.8. The van der Waals surface area contributed by atoms with Crippen LogP contribution in [0.4, 0.5) is 11.4 Å². The first-order chi connectivity index (χ1) is 16.3. The Labute approximate surface area is 197 Å². The Morgan fingerprint density at radius 1 is 0.912 bits per heavy atom. The molecule has 0 radical (unpaired) electrons. The number of benzene rings is 3. The van der Waals surface area contributed by atoms with E-state index in [-0.39, 0.29) is 21.8 Å². The summed E-state index contributed by atoms with van der Waals surface area (Å²) in [5.41, 5.74) is 1.43. The number of nitro benzene ring substituents is 1. The Morgan fingerprint density at radius 3 is 2.32 bits per heavy atom. The van der Waals surface area contributed by atoms with E-state index in [1.54, 1.807) is 0 Å². The fourth-order valence-corrected chi connectivity index (χ4v) is 5.29. The molecular weight excluding hydrogens is 456 g/mol. The van der Waals surface area contributed by atoms with E-state index in [0.29, 0.717) is 26.2 Å². The summed E-state index contributed by atoms with van der Waals surface area (Å²) in [7, 11) is -3.77. The number of piperazine rings is 1. The molecule has 1 aliphatic rings. The Hall–Kier alpha value is -3.60. The van der Waals surface area contributed by atoms with E-state index in [1.807, 2.05) is 30.3 Å². The van der Waals surface area contributed by atoms with E-state index in [9.17, 15) is 23.3 Å². The molecule has 1 saturated heterocycles. The van der Waals surface area contributed by atoms with Crippen molar-refractivity contribution in [2.24, 2.45) is 0 Å². The van der Waals surface area contributed by atoms with E-state index >= 15 is 0 Å². The maximum Gasteiger partial charge on any atom is 0.271 e. The molecule has 1 heterocycles. The highest BCUT2D eigenvalue weighted by Gasteiger charge is 2.29. The van der Waals surface area contributed by atoms with E-state index < -0.39 is 20.9 Å². The van der Waals surface area contributed by atoms with Gasteiger partial charge >= 0.3 is 0 Å². The second-order valence-corrected chi connectivity index (χ2v) is 9.89. The van der Waals surface area contributed by atoms with Crippen LogP contribution in [0.3, 0.4) is 0 Å². The minimum Gasteiger partial charge on any atom is -0.322 e. The van der Waals surface area contributed by atoms with Crippen molar-refractivity contribution < 1.29 is 18.1 Å². The maximum absolute atomic E-state index is 13.2. The van der Waals surface area contributed by atoms with Crippen LogP contribution in [0.5, 0.6) is 0 Å². The fourth-order valence-electron chi connectivity index (χ4n) is 3.82.